The molecule has 2 aromatic heterocycles. The van der Waals surface area contributed by atoms with Crippen molar-refractivity contribution in [3.8, 4) is 22.4 Å². The predicted molar refractivity (Wildman–Crippen MR) is 102 cm³/mol. The molecule has 2 aromatic carbocycles. The number of nitrogens with zero attached hydrogens (tertiary/aromatic N) is 3. The van der Waals surface area contributed by atoms with E-state index in [-0.39, 0.29) is 5.56 Å². The van der Waals surface area contributed by atoms with Crippen molar-refractivity contribution in [2.75, 3.05) is 0 Å². The number of carbonyl (C=O) groups excluding carboxylic acids is 1. The Bertz CT molecular complexity index is 1140. The molecule has 0 unspecified atom stereocenters. The highest BCUT2D eigenvalue weighted by Crippen LogP contribution is 2.36. The number of nitrogens with two attached hydrogens (primary N) is 1. The second kappa shape index (κ2) is 6.44. The molecule has 0 saturated carbocycles. The molecule has 4 aromatic rings. The summed E-state index contributed by atoms with van der Waals surface area (Å²) in [6.07, 6.45) is 3.09. The smallest absolute Gasteiger partial charge is 0.254 e. The summed E-state index contributed by atoms with van der Waals surface area (Å²) >= 11 is 12.4. The Morgan fingerprint density at radius 2 is 1.69 bits per heavy atom. The van der Waals surface area contributed by atoms with Crippen LogP contribution in [0.15, 0.2) is 60.9 Å². The summed E-state index contributed by atoms with van der Waals surface area (Å²) in [7, 11) is 0. The first kappa shape index (κ1) is 16.6. The maximum atomic E-state index is 11.7. The van der Waals surface area contributed by atoms with Crippen molar-refractivity contribution in [1.82, 2.24) is 14.6 Å². The first-order valence-electron chi connectivity index (χ1n) is 7.73. The van der Waals surface area contributed by atoms with Gasteiger partial charge in [-0.05, 0) is 18.2 Å². The van der Waals surface area contributed by atoms with Gasteiger partial charge in [0.05, 0.1) is 11.9 Å². The van der Waals surface area contributed by atoms with Crippen LogP contribution < -0.4 is 5.73 Å². The molecule has 0 aliphatic carbocycles. The van der Waals surface area contributed by atoms with Crippen LogP contribution in [0.5, 0.6) is 0 Å². The van der Waals surface area contributed by atoms with E-state index in [2.05, 4.69) is 10.1 Å². The highest BCUT2D eigenvalue weighted by Gasteiger charge is 2.19. The number of aromatic nitrogens is 3. The van der Waals surface area contributed by atoms with Gasteiger partial charge in [0.25, 0.3) is 5.91 Å². The van der Waals surface area contributed by atoms with Gasteiger partial charge in [-0.1, -0.05) is 53.5 Å². The molecule has 0 saturated heterocycles. The van der Waals surface area contributed by atoms with Gasteiger partial charge in [0.1, 0.15) is 5.56 Å². The average Bonchev–Trinajstić information content (AvgIpc) is 3.07. The van der Waals surface area contributed by atoms with Crippen molar-refractivity contribution < 1.29 is 4.79 Å². The number of fused-ring (bicyclic) bond motifs is 1. The molecule has 1 amide bonds. The zero-order valence-electron chi connectivity index (χ0n) is 13.4. The van der Waals surface area contributed by atoms with Gasteiger partial charge in [-0.25, -0.2) is 9.50 Å². The monoisotopic (exact) mass is 382 g/mol. The van der Waals surface area contributed by atoms with E-state index in [0.717, 1.165) is 22.4 Å². The summed E-state index contributed by atoms with van der Waals surface area (Å²) in [5.74, 6) is -0.583. The summed E-state index contributed by atoms with van der Waals surface area (Å²) in [6, 6.07) is 14.8. The third-order valence-corrected chi connectivity index (χ3v) is 4.66. The fourth-order valence-corrected chi connectivity index (χ4v) is 3.23. The number of primary amides is 1. The van der Waals surface area contributed by atoms with Crippen LogP contribution in [-0.2, 0) is 0 Å². The van der Waals surface area contributed by atoms with Crippen LogP contribution in [0.4, 0.5) is 0 Å². The van der Waals surface area contributed by atoms with Gasteiger partial charge in [-0.2, -0.15) is 5.10 Å². The third-order valence-electron chi connectivity index (χ3n) is 4.07. The minimum absolute atomic E-state index is 0.255. The predicted octanol–water partition coefficient (Wildman–Crippen LogP) is 4.47. The lowest BCUT2D eigenvalue weighted by atomic mass is 10.0. The zero-order chi connectivity index (χ0) is 18.3. The van der Waals surface area contributed by atoms with Crippen LogP contribution in [0.2, 0.25) is 10.0 Å². The summed E-state index contributed by atoms with van der Waals surface area (Å²) < 4.78 is 1.60. The van der Waals surface area contributed by atoms with Gasteiger partial charge in [0.2, 0.25) is 0 Å². The second-order valence-electron chi connectivity index (χ2n) is 5.67. The SMILES string of the molecule is NC(=O)c1cnn2c(-c3ccc(Cl)cc3)c(-c3ccccc3Cl)cnc12. The van der Waals surface area contributed by atoms with Crippen molar-refractivity contribution in [1.29, 1.82) is 0 Å². The molecule has 0 fully saturated rings. The van der Waals surface area contributed by atoms with Gasteiger partial charge < -0.3 is 5.73 Å². The van der Waals surface area contributed by atoms with Gasteiger partial charge in [-0.3, -0.25) is 4.79 Å². The largest absolute Gasteiger partial charge is 0.365 e. The molecular weight excluding hydrogens is 371 g/mol. The number of hydrogen-bond donors (Lipinski definition) is 1. The van der Waals surface area contributed by atoms with Crippen molar-refractivity contribution in [3.63, 3.8) is 0 Å². The zero-order valence-corrected chi connectivity index (χ0v) is 14.9. The first-order valence-corrected chi connectivity index (χ1v) is 8.49. The van der Waals surface area contributed by atoms with E-state index in [9.17, 15) is 4.79 Å². The number of benzene rings is 2. The lowest BCUT2D eigenvalue weighted by Gasteiger charge is -2.13. The molecule has 26 heavy (non-hydrogen) atoms. The minimum Gasteiger partial charge on any atom is -0.365 e. The van der Waals surface area contributed by atoms with Gasteiger partial charge >= 0.3 is 0 Å². The molecule has 0 radical (unpaired) electrons. The average molecular weight is 383 g/mol. The van der Waals surface area contributed by atoms with E-state index < -0.39 is 5.91 Å². The van der Waals surface area contributed by atoms with Gasteiger partial charge in [-0.15, -0.1) is 0 Å². The topological polar surface area (TPSA) is 73.3 Å². The number of amides is 1. The van der Waals surface area contributed by atoms with Crippen LogP contribution >= 0.6 is 23.2 Å². The molecule has 128 valence electrons. The van der Waals surface area contributed by atoms with Crippen molar-refractivity contribution >= 4 is 34.8 Å². The second-order valence-corrected chi connectivity index (χ2v) is 6.51. The fourth-order valence-electron chi connectivity index (χ4n) is 2.87. The Morgan fingerprint density at radius 3 is 2.38 bits per heavy atom. The summed E-state index contributed by atoms with van der Waals surface area (Å²) in [6.45, 7) is 0. The molecule has 0 aliphatic rings. The summed E-state index contributed by atoms with van der Waals surface area (Å²) in [5, 5.41) is 5.54. The third kappa shape index (κ3) is 2.71. The van der Waals surface area contributed by atoms with Gasteiger partial charge in [0, 0.05) is 32.9 Å². The molecule has 0 bridgehead atoms. The molecule has 5 nitrogen and oxygen atoms in total. The van der Waals surface area contributed by atoms with Crippen molar-refractivity contribution in [3.05, 3.63) is 76.5 Å². The maximum Gasteiger partial charge on any atom is 0.254 e. The Hall–Kier alpha value is -2.89. The van der Waals surface area contributed by atoms with Crippen LogP contribution in [0, 0.1) is 0 Å². The highest BCUT2D eigenvalue weighted by molar-refractivity contribution is 6.33. The molecule has 0 spiro atoms. The van der Waals surface area contributed by atoms with E-state index in [1.165, 1.54) is 6.20 Å². The van der Waals surface area contributed by atoms with Crippen molar-refractivity contribution in [2.45, 2.75) is 0 Å². The van der Waals surface area contributed by atoms with Crippen LogP contribution in [-0.4, -0.2) is 20.5 Å². The Labute approximate surface area is 159 Å². The molecule has 0 aliphatic heterocycles. The molecule has 2 heterocycles. The Balaban J connectivity index is 2.09. The van der Waals surface area contributed by atoms with E-state index in [0.29, 0.717) is 15.7 Å². The normalized spacial score (nSPS) is 11.0. The maximum absolute atomic E-state index is 11.7. The fraction of sp³-hybridized carbons (Fsp3) is 0. The summed E-state index contributed by atoms with van der Waals surface area (Å²) in [4.78, 5) is 16.1. The van der Waals surface area contributed by atoms with Crippen LogP contribution in [0.1, 0.15) is 10.4 Å². The number of halogens is 2. The quantitative estimate of drug-likeness (QED) is 0.567. The van der Waals surface area contributed by atoms with E-state index >= 15 is 0 Å². The standard InChI is InChI=1S/C19H12Cl2N4O/c20-12-7-5-11(6-8-12)17-14(13-3-1-2-4-16(13)21)9-23-19-15(18(22)26)10-24-25(17)19/h1-10H,(H2,22,26). The lowest BCUT2D eigenvalue weighted by molar-refractivity contribution is 0.100. The van der Waals surface area contributed by atoms with Crippen LogP contribution in [0.3, 0.4) is 0 Å². The molecule has 2 N–H and O–H groups in total. The van der Waals surface area contributed by atoms with E-state index in [4.69, 9.17) is 28.9 Å². The first-order chi connectivity index (χ1) is 12.6. The van der Waals surface area contributed by atoms with Gasteiger partial charge in [0.15, 0.2) is 5.65 Å². The summed E-state index contributed by atoms with van der Waals surface area (Å²) in [5.41, 5.74) is 9.27. The number of carbonyl (C=O) groups is 1. The molecule has 4 rings (SSSR count). The Morgan fingerprint density at radius 1 is 0.962 bits per heavy atom. The lowest BCUT2D eigenvalue weighted by Crippen LogP contribution is -2.11. The van der Waals surface area contributed by atoms with Crippen molar-refractivity contribution in [2.24, 2.45) is 5.73 Å². The molecule has 0 atom stereocenters. The van der Waals surface area contributed by atoms with Crippen LogP contribution in [0.25, 0.3) is 28.0 Å². The number of rotatable bonds is 3. The molecular formula is C19H12Cl2N4O. The Kier molecular flexibility index (Phi) is 4.11. The van der Waals surface area contributed by atoms with E-state index in [1.807, 2.05) is 36.4 Å². The molecule has 7 heteroatoms. The highest BCUT2D eigenvalue weighted by atomic mass is 35.5. The number of hydrogen-bond acceptors (Lipinski definition) is 3. The van der Waals surface area contributed by atoms with E-state index in [1.54, 1.807) is 22.8 Å². The minimum atomic E-state index is -0.583.